The lowest BCUT2D eigenvalue weighted by molar-refractivity contribution is 0.0762. The Bertz CT molecular complexity index is 916. The molecule has 3 rings (SSSR count). The third-order valence-electron chi connectivity index (χ3n) is 4.84. The SMILES string of the molecule is CCCCN(CC)C(=O)c1ccc(-c2cc(-c3cccc(OC)c3)n[nH]2)cc1. The average Bonchev–Trinajstić information content (AvgIpc) is 3.24. The molecular formula is C23H27N3O2. The summed E-state index contributed by atoms with van der Waals surface area (Å²) in [4.78, 5) is 14.6. The molecule has 0 fully saturated rings. The van der Waals surface area contributed by atoms with Gasteiger partial charge in [0.1, 0.15) is 5.75 Å². The number of carbonyl (C=O) groups excluding carboxylic acids is 1. The standard InChI is InChI=1S/C23H27N3O2/c1-4-6-14-26(5-2)23(27)18-12-10-17(11-13-18)21-16-22(25-24-21)19-8-7-9-20(15-19)28-3/h7-13,15-16H,4-6,14H2,1-3H3,(H,24,25). The largest absolute Gasteiger partial charge is 0.497 e. The number of H-pyrrole nitrogens is 1. The number of nitrogens with one attached hydrogen (secondary N) is 1. The molecule has 28 heavy (non-hydrogen) atoms. The Hall–Kier alpha value is -3.08. The number of benzene rings is 2. The Morgan fingerprint density at radius 1 is 1.07 bits per heavy atom. The zero-order valence-electron chi connectivity index (χ0n) is 16.7. The molecule has 5 heteroatoms. The molecule has 1 heterocycles. The van der Waals surface area contributed by atoms with Crippen LogP contribution in [-0.4, -0.2) is 41.2 Å². The Morgan fingerprint density at radius 2 is 1.86 bits per heavy atom. The van der Waals surface area contributed by atoms with Crippen LogP contribution < -0.4 is 4.74 Å². The van der Waals surface area contributed by atoms with Crippen molar-refractivity contribution in [2.75, 3.05) is 20.2 Å². The normalized spacial score (nSPS) is 10.7. The topological polar surface area (TPSA) is 58.2 Å². The number of unbranched alkanes of at least 4 members (excludes halogenated alkanes) is 1. The number of rotatable bonds is 8. The molecule has 3 aromatic rings. The predicted octanol–water partition coefficient (Wildman–Crippen LogP) is 5.01. The van der Waals surface area contributed by atoms with Gasteiger partial charge in [-0.15, -0.1) is 0 Å². The summed E-state index contributed by atoms with van der Waals surface area (Å²) in [6.45, 7) is 5.69. The Morgan fingerprint density at radius 3 is 2.54 bits per heavy atom. The molecule has 0 aliphatic rings. The van der Waals surface area contributed by atoms with E-state index in [0.717, 1.165) is 54.2 Å². The van der Waals surface area contributed by atoms with Gasteiger partial charge in [-0.25, -0.2) is 0 Å². The summed E-state index contributed by atoms with van der Waals surface area (Å²) in [7, 11) is 1.65. The lowest BCUT2D eigenvalue weighted by Gasteiger charge is -2.20. The first-order valence-corrected chi connectivity index (χ1v) is 9.75. The third kappa shape index (κ3) is 4.42. The van der Waals surface area contributed by atoms with Gasteiger partial charge in [0, 0.05) is 24.2 Å². The van der Waals surface area contributed by atoms with Gasteiger partial charge in [-0.2, -0.15) is 5.10 Å². The second-order valence-electron chi connectivity index (χ2n) is 6.71. The molecule has 0 bridgehead atoms. The number of carbonyl (C=O) groups is 1. The van der Waals surface area contributed by atoms with Gasteiger partial charge >= 0.3 is 0 Å². The summed E-state index contributed by atoms with van der Waals surface area (Å²) >= 11 is 0. The molecule has 146 valence electrons. The highest BCUT2D eigenvalue weighted by Crippen LogP contribution is 2.26. The van der Waals surface area contributed by atoms with Crippen molar-refractivity contribution in [2.45, 2.75) is 26.7 Å². The Labute approximate surface area is 166 Å². The number of nitrogens with zero attached hydrogens (tertiary/aromatic N) is 2. The fraction of sp³-hybridized carbons (Fsp3) is 0.304. The van der Waals surface area contributed by atoms with E-state index in [2.05, 4.69) is 17.1 Å². The summed E-state index contributed by atoms with van der Waals surface area (Å²) in [5, 5.41) is 7.50. The molecule has 0 spiro atoms. The second kappa shape index (κ2) is 9.22. The van der Waals surface area contributed by atoms with Crippen LogP contribution in [0.5, 0.6) is 5.75 Å². The molecule has 0 radical (unpaired) electrons. The molecule has 2 aromatic carbocycles. The number of aromatic nitrogens is 2. The number of methoxy groups -OCH3 is 1. The van der Waals surface area contributed by atoms with Crippen LogP contribution in [0.1, 0.15) is 37.0 Å². The van der Waals surface area contributed by atoms with Crippen molar-refractivity contribution < 1.29 is 9.53 Å². The zero-order chi connectivity index (χ0) is 19.9. The molecule has 0 unspecified atom stereocenters. The van der Waals surface area contributed by atoms with Crippen LogP contribution in [-0.2, 0) is 0 Å². The minimum atomic E-state index is 0.0872. The van der Waals surface area contributed by atoms with E-state index in [4.69, 9.17) is 4.74 Å². The lowest BCUT2D eigenvalue weighted by Crippen LogP contribution is -2.31. The van der Waals surface area contributed by atoms with Gasteiger partial charge in [-0.1, -0.05) is 37.6 Å². The molecular weight excluding hydrogens is 350 g/mol. The Balaban J connectivity index is 1.77. The van der Waals surface area contributed by atoms with Gasteiger partial charge in [0.2, 0.25) is 0 Å². The summed E-state index contributed by atoms with van der Waals surface area (Å²) in [5.74, 6) is 0.887. The summed E-state index contributed by atoms with van der Waals surface area (Å²) in [5.41, 5.74) is 4.47. The van der Waals surface area contributed by atoms with Crippen LogP contribution in [0.25, 0.3) is 22.5 Å². The van der Waals surface area contributed by atoms with Crippen LogP contribution >= 0.6 is 0 Å². The van der Waals surface area contributed by atoms with E-state index in [1.54, 1.807) is 7.11 Å². The molecule has 1 aromatic heterocycles. The van der Waals surface area contributed by atoms with Gasteiger partial charge in [0.15, 0.2) is 0 Å². The summed E-state index contributed by atoms with van der Waals surface area (Å²) in [6, 6.07) is 17.5. The van der Waals surface area contributed by atoms with E-state index in [0.29, 0.717) is 5.56 Å². The van der Waals surface area contributed by atoms with Gasteiger partial charge in [-0.3, -0.25) is 9.89 Å². The molecule has 0 aliphatic heterocycles. The minimum absolute atomic E-state index is 0.0872. The maximum absolute atomic E-state index is 12.7. The van der Waals surface area contributed by atoms with Crippen LogP contribution in [0.3, 0.4) is 0 Å². The van der Waals surface area contributed by atoms with Gasteiger partial charge in [-0.05, 0) is 49.2 Å². The van der Waals surface area contributed by atoms with Gasteiger partial charge < -0.3 is 9.64 Å². The molecule has 5 nitrogen and oxygen atoms in total. The van der Waals surface area contributed by atoms with Crippen molar-refractivity contribution >= 4 is 5.91 Å². The van der Waals surface area contributed by atoms with Crippen LogP contribution in [0.4, 0.5) is 0 Å². The molecule has 0 atom stereocenters. The number of amides is 1. The zero-order valence-corrected chi connectivity index (χ0v) is 16.7. The number of aromatic amines is 1. The number of hydrogen-bond acceptors (Lipinski definition) is 3. The van der Waals surface area contributed by atoms with Crippen molar-refractivity contribution in [1.29, 1.82) is 0 Å². The van der Waals surface area contributed by atoms with E-state index >= 15 is 0 Å². The van der Waals surface area contributed by atoms with Crippen molar-refractivity contribution in [3.8, 4) is 28.3 Å². The maximum atomic E-state index is 12.7. The smallest absolute Gasteiger partial charge is 0.253 e. The number of ether oxygens (including phenoxy) is 1. The summed E-state index contributed by atoms with van der Waals surface area (Å²) < 4.78 is 5.28. The minimum Gasteiger partial charge on any atom is -0.497 e. The van der Waals surface area contributed by atoms with Crippen molar-refractivity contribution in [2.24, 2.45) is 0 Å². The van der Waals surface area contributed by atoms with Gasteiger partial charge in [0.25, 0.3) is 5.91 Å². The predicted molar refractivity (Wildman–Crippen MR) is 112 cm³/mol. The quantitative estimate of drug-likeness (QED) is 0.600. The van der Waals surface area contributed by atoms with Gasteiger partial charge in [0.05, 0.1) is 18.5 Å². The first-order chi connectivity index (χ1) is 13.7. The maximum Gasteiger partial charge on any atom is 0.253 e. The average molecular weight is 377 g/mol. The fourth-order valence-corrected chi connectivity index (χ4v) is 3.13. The van der Waals surface area contributed by atoms with Crippen LogP contribution in [0.15, 0.2) is 54.6 Å². The molecule has 1 N–H and O–H groups in total. The first-order valence-electron chi connectivity index (χ1n) is 9.75. The lowest BCUT2D eigenvalue weighted by atomic mass is 10.1. The van der Waals surface area contributed by atoms with Crippen LogP contribution in [0.2, 0.25) is 0 Å². The van der Waals surface area contributed by atoms with Crippen molar-refractivity contribution in [3.63, 3.8) is 0 Å². The summed E-state index contributed by atoms with van der Waals surface area (Å²) in [6.07, 6.45) is 2.11. The highest BCUT2D eigenvalue weighted by molar-refractivity contribution is 5.94. The van der Waals surface area contributed by atoms with Crippen molar-refractivity contribution in [3.05, 3.63) is 60.2 Å². The molecule has 0 aliphatic carbocycles. The van der Waals surface area contributed by atoms with Crippen LogP contribution in [0, 0.1) is 0 Å². The molecule has 0 saturated carbocycles. The van der Waals surface area contributed by atoms with Crippen molar-refractivity contribution in [1.82, 2.24) is 15.1 Å². The molecule has 1 amide bonds. The van der Waals surface area contributed by atoms with E-state index in [1.165, 1.54) is 0 Å². The fourth-order valence-electron chi connectivity index (χ4n) is 3.13. The molecule has 0 saturated heterocycles. The highest BCUT2D eigenvalue weighted by Gasteiger charge is 2.14. The highest BCUT2D eigenvalue weighted by atomic mass is 16.5. The van der Waals surface area contributed by atoms with E-state index in [1.807, 2.05) is 66.4 Å². The Kier molecular flexibility index (Phi) is 6.48. The van der Waals surface area contributed by atoms with E-state index < -0.39 is 0 Å². The first kappa shape index (κ1) is 19.7. The monoisotopic (exact) mass is 377 g/mol. The third-order valence-corrected chi connectivity index (χ3v) is 4.84. The van der Waals surface area contributed by atoms with E-state index in [9.17, 15) is 4.79 Å². The number of hydrogen-bond donors (Lipinski definition) is 1. The van der Waals surface area contributed by atoms with E-state index in [-0.39, 0.29) is 5.91 Å². The second-order valence-corrected chi connectivity index (χ2v) is 6.71.